The Morgan fingerprint density at radius 1 is 1.44 bits per heavy atom. The van der Waals surface area contributed by atoms with Crippen LogP contribution in [-0.4, -0.2) is 37.2 Å². The van der Waals surface area contributed by atoms with Crippen LogP contribution in [0.3, 0.4) is 0 Å². The lowest BCUT2D eigenvalue weighted by Crippen LogP contribution is -2.56. The summed E-state index contributed by atoms with van der Waals surface area (Å²) in [6.45, 7) is 8.36. The Hall–Kier alpha value is -0.770. The first-order chi connectivity index (χ1) is 8.52. The molecule has 1 heterocycles. The standard InChI is InChI=1S/C14H21ClN2O/c1-14(2)10-17(8-7-16-14)9-11-12(15)5-4-6-13(11)18-3/h4-6,16H,7-10H2,1-3H3. The van der Waals surface area contributed by atoms with Crippen LogP contribution in [0.4, 0.5) is 0 Å². The van der Waals surface area contributed by atoms with Crippen molar-refractivity contribution >= 4 is 11.6 Å². The Morgan fingerprint density at radius 3 is 2.89 bits per heavy atom. The summed E-state index contributed by atoms with van der Waals surface area (Å²) in [5.41, 5.74) is 1.24. The van der Waals surface area contributed by atoms with Crippen LogP contribution in [0.15, 0.2) is 18.2 Å². The normalized spacial score (nSPS) is 19.8. The van der Waals surface area contributed by atoms with Crippen LogP contribution >= 0.6 is 11.6 Å². The van der Waals surface area contributed by atoms with Crippen molar-refractivity contribution in [3.8, 4) is 5.75 Å². The number of rotatable bonds is 3. The SMILES string of the molecule is COc1cccc(Cl)c1CN1CCNC(C)(C)C1. The van der Waals surface area contributed by atoms with Crippen molar-refractivity contribution in [2.24, 2.45) is 0 Å². The van der Waals surface area contributed by atoms with Gasteiger partial charge in [-0.25, -0.2) is 0 Å². The van der Waals surface area contributed by atoms with Gasteiger partial charge in [0.2, 0.25) is 0 Å². The number of nitrogens with one attached hydrogen (secondary N) is 1. The van der Waals surface area contributed by atoms with Gasteiger partial charge in [-0.15, -0.1) is 0 Å². The van der Waals surface area contributed by atoms with Crippen molar-refractivity contribution < 1.29 is 4.74 Å². The molecule has 1 aliphatic heterocycles. The van der Waals surface area contributed by atoms with Crippen LogP contribution in [0, 0.1) is 0 Å². The van der Waals surface area contributed by atoms with E-state index in [9.17, 15) is 0 Å². The predicted molar refractivity (Wildman–Crippen MR) is 75.4 cm³/mol. The van der Waals surface area contributed by atoms with E-state index in [-0.39, 0.29) is 5.54 Å². The number of piperazine rings is 1. The number of nitrogens with zero attached hydrogens (tertiary/aromatic N) is 1. The van der Waals surface area contributed by atoms with Gasteiger partial charge in [0.25, 0.3) is 0 Å². The van der Waals surface area contributed by atoms with Gasteiger partial charge in [0.1, 0.15) is 5.75 Å². The summed E-state index contributed by atoms with van der Waals surface area (Å²) < 4.78 is 5.39. The summed E-state index contributed by atoms with van der Waals surface area (Å²) in [5, 5.41) is 4.29. The largest absolute Gasteiger partial charge is 0.496 e. The molecule has 1 N–H and O–H groups in total. The topological polar surface area (TPSA) is 24.5 Å². The van der Waals surface area contributed by atoms with E-state index in [1.54, 1.807) is 7.11 Å². The number of ether oxygens (including phenoxy) is 1. The van der Waals surface area contributed by atoms with Gasteiger partial charge in [0.15, 0.2) is 0 Å². The second-order valence-electron chi connectivity index (χ2n) is 5.44. The fourth-order valence-corrected chi connectivity index (χ4v) is 2.71. The van der Waals surface area contributed by atoms with E-state index >= 15 is 0 Å². The molecule has 0 unspecified atom stereocenters. The van der Waals surface area contributed by atoms with E-state index in [1.165, 1.54) is 0 Å². The molecule has 1 aliphatic rings. The Labute approximate surface area is 114 Å². The minimum absolute atomic E-state index is 0.159. The highest BCUT2D eigenvalue weighted by atomic mass is 35.5. The second kappa shape index (κ2) is 5.47. The summed E-state index contributed by atoms with van der Waals surface area (Å²) in [4.78, 5) is 2.42. The number of methoxy groups -OCH3 is 1. The molecule has 3 nitrogen and oxygen atoms in total. The molecule has 0 bridgehead atoms. The average molecular weight is 269 g/mol. The summed E-state index contributed by atoms with van der Waals surface area (Å²) >= 11 is 6.28. The first-order valence-corrected chi connectivity index (χ1v) is 6.68. The molecule has 0 aliphatic carbocycles. The molecule has 0 amide bonds. The van der Waals surface area contributed by atoms with E-state index in [4.69, 9.17) is 16.3 Å². The van der Waals surface area contributed by atoms with Crippen molar-refractivity contribution in [3.63, 3.8) is 0 Å². The molecule has 18 heavy (non-hydrogen) atoms. The Bertz CT molecular complexity index is 420. The molecule has 0 radical (unpaired) electrons. The highest BCUT2D eigenvalue weighted by Gasteiger charge is 2.26. The molecule has 1 fully saturated rings. The lowest BCUT2D eigenvalue weighted by molar-refractivity contribution is 0.147. The quantitative estimate of drug-likeness (QED) is 0.912. The molecule has 0 atom stereocenters. The third-order valence-electron chi connectivity index (χ3n) is 3.33. The monoisotopic (exact) mass is 268 g/mol. The van der Waals surface area contributed by atoms with Crippen LogP contribution in [0.2, 0.25) is 5.02 Å². The second-order valence-corrected chi connectivity index (χ2v) is 5.85. The summed E-state index contributed by atoms with van der Waals surface area (Å²) in [7, 11) is 1.69. The van der Waals surface area contributed by atoms with Crippen LogP contribution in [0.25, 0.3) is 0 Å². The van der Waals surface area contributed by atoms with Gasteiger partial charge in [0, 0.05) is 42.3 Å². The van der Waals surface area contributed by atoms with Crippen LogP contribution in [0.5, 0.6) is 5.75 Å². The van der Waals surface area contributed by atoms with Crippen LogP contribution in [-0.2, 0) is 6.54 Å². The van der Waals surface area contributed by atoms with Crippen molar-refractivity contribution in [2.45, 2.75) is 25.9 Å². The third-order valence-corrected chi connectivity index (χ3v) is 3.68. The summed E-state index contributed by atoms with van der Waals surface area (Å²) in [6.07, 6.45) is 0. The van der Waals surface area contributed by atoms with Crippen molar-refractivity contribution in [1.82, 2.24) is 10.2 Å². The van der Waals surface area contributed by atoms with E-state index in [2.05, 4.69) is 24.1 Å². The van der Waals surface area contributed by atoms with Crippen molar-refractivity contribution in [1.29, 1.82) is 0 Å². The zero-order chi connectivity index (χ0) is 13.2. The minimum atomic E-state index is 0.159. The third kappa shape index (κ3) is 3.16. The number of benzene rings is 1. The molecule has 0 spiro atoms. The van der Waals surface area contributed by atoms with Crippen molar-refractivity contribution in [2.75, 3.05) is 26.7 Å². The maximum atomic E-state index is 6.28. The van der Waals surface area contributed by atoms with Gasteiger partial charge in [-0.3, -0.25) is 4.90 Å². The minimum Gasteiger partial charge on any atom is -0.496 e. The number of hydrogen-bond acceptors (Lipinski definition) is 3. The molecule has 1 saturated heterocycles. The zero-order valence-electron chi connectivity index (χ0n) is 11.3. The van der Waals surface area contributed by atoms with Gasteiger partial charge in [-0.2, -0.15) is 0 Å². The molecule has 1 aromatic rings. The van der Waals surface area contributed by atoms with Crippen LogP contribution < -0.4 is 10.1 Å². The Morgan fingerprint density at radius 2 is 2.22 bits per heavy atom. The molecule has 1 aromatic carbocycles. The smallest absolute Gasteiger partial charge is 0.124 e. The predicted octanol–water partition coefficient (Wildman–Crippen LogP) is 2.53. The molecule has 4 heteroatoms. The van der Waals surface area contributed by atoms with E-state index in [1.807, 2.05) is 18.2 Å². The first-order valence-electron chi connectivity index (χ1n) is 6.30. The van der Waals surface area contributed by atoms with Gasteiger partial charge < -0.3 is 10.1 Å². The van der Waals surface area contributed by atoms with Gasteiger partial charge in [-0.05, 0) is 26.0 Å². The van der Waals surface area contributed by atoms with E-state index in [0.717, 1.165) is 42.5 Å². The Balaban J connectivity index is 2.14. The molecular formula is C14H21ClN2O. The molecule has 0 aromatic heterocycles. The first kappa shape index (κ1) is 13.7. The molecular weight excluding hydrogens is 248 g/mol. The van der Waals surface area contributed by atoms with Gasteiger partial charge >= 0.3 is 0 Å². The average Bonchev–Trinajstić information content (AvgIpc) is 2.30. The maximum absolute atomic E-state index is 6.28. The zero-order valence-corrected chi connectivity index (χ0v) is 12.0. The summed E-state index contributed by atoms with van der Waals surface area (Å²) in [5.74, 6) is 0.874. The van der Waals surface area contributed by atoms with Gasteiger partial charge in [-0.1, -0.05) is 17.7 Å². The number of hydrogen-bond donors (Lipinski definition) is 1. The number of halogens is 1. The molecule has 100 valence electrons. The highest BCUT2D eigenvalue weighted by Crippen LogP contribution is 2.28. The maximum Gasteiger partial charge on any atom is 0.124 e. The molecule has 0 saturated carbocycles. The van der Waals surface area contributed by atoms with Gasteiger partial charge in [0.05, 0.1) is 7.11 Å². The lowest BCUT2D eigenvalue weighted by atomic mass is 10.0. The molecule has 2 rings (SSSR count). The Kier molecular flexibility index (Phi) is 4.15. The lowest BCUT2D eigenvalue weighted by Gasteiger charge is -2.39. The fourth-order valence-electron chi connectivity index (χ4n) is 2.49. The van der Waals surface area contributed by atoms with Crippen molar-refractivity contribution in [3.05, 3.63) is 28.8 Å². The fraction of sp³-hybridized carbons (Fsp3) is 0.571. The van der Waals surface area contributed by atoms with Crippen LogP contribution in [0.1, 0.15) is 19.4 Å². The van der Waals surface area contributed by atoms with E-state index in [0.29, 0.717) is 0 Å². The highest BCUT2D eigenvalue weighted by molar-refractivity contribution is 6.31. The summed E-state index contributed by atoms with van der Waals surface area (Å²) in [6, 6.07) is 5.81. The van der Waals surface area contributed by atoms with E-state index < -0.39 is 0 Å².